The van der Waals surface area contributed by atoms with Crippen LogP contribution in [0.2, 0.25) is 5.02 Å². The number of benzene rings is 3. The number of amides is 1. The molecule has 1 heterocycles. The summed E-state index contributed by atoms with van der Waals surface area (Å²) in [5, 5.41) is 13.2. The zero-order valence-electron chi connectivity index (χ0n) is 19.2. The first-order chi connectivity index (χ1) is 16.5. The Morgan fingerprint density at radius 3 is 2.47 bits per heavy atom. The predicted octanol–water partition coefficient (Wildman–Crippen LogP) is 6.20. The van der Waals surface area contributed by atoms with E-state index in [1.165, 1.54) is 11.8 Å². The molecule has 1 N–H and O–H groups in total. The number of hydrogen-bond acceptors (Lipinski definition) is 5. The SMILES string of the molecule is CCc1cccc(C)c1NC(=O)CSc1nnc(-c2ccc(OC)cc2)n1-c1ccc(Cl)cc1. The summed E-state index contributed by atoms with van der Waals surface area (Å²) in [6.45, 7) is 4.08. The van der Waals surface area contributed by atoms with E-state index < -0.39 is 0 Å². The first-order valence-corrected chi connectivity index (χ1v) is 12.2. The number of aromatic nitrogens is 3. The average molecular weight is 493 g/mol. The highest BCUT2D eigenvalue weighted by atomic mass is 35.5. The lowest BCUT2D eigenvalue weighted by atomic mass is 10.1. The standard InChI is InChI=1S/C26H25ClN4O2S/c1-4-18-7-5-6-17(2)24(18)28-23(32)16-34-26-30-29-25(19-8-14-22(33-3)15-9-19)31(26)21-12-10-20(27)11-13-21/h5-15H,4,16H2,1-3H3,(H,28,32). The van der Waals surface area contributed by atoms with Crippen LogP contribution in [0.3, 0.4) is 0 Å². The fourth-order valence-corrected chi connectivity index (χ4v) is 4.50. The third-order valence-electron chi connectivity index (χ3n) is 5.40. The van der Waals surface area contributed by atoms with E-state index in [0.717, 1.165) is 40.2 Å². The summed E-state index contributed by atoms with van der Waals surface area (Å²) >= 11 is 7.44. The molecule has 0 aliphatic heterocycles. The van der Waals surface area contributed by atoms with Crippen molar-refractivity contribution in [3.63, 3.8) is 0 Å². The number of thioether (sulfide) groups is 1. The van der Waals surface area contributed by atoms with Gasteiger partial charge in [-0.2, -0.15) is 0 Å². The molecule has 0 aliphatic rings. The molecule has 0 atom stereocenters. The summed E-state index contributed by atoms with van der Waals surface area (Å²) in [6.07, 6.45) is 0.848. The van der Waals surface area contributed by atoms with E-state index in [-0.39, 0.29) is 11.7 Å². The van der Waals surface area contributed by atoms with Crippen LogP contribution in [-0.4, -0.2) is 33.5 Å². The number of para-hydroxylation sites is 1. The lowest BCUT2D eigenvalue weighted by molar-refractivity contribution is -0.113. The molecule has 0 saturated heterocycles. The van der Waals surface area contributed by atoms with E-state index >= 15 is 0 Å². The van der Waals surface area contributed by atoms with Crippen LogP contribution in [0.25, 0.3) is 17.1 Å². The van der Waals surface area contributed by atoms with E-state index in [4.69, 9.17) is 16.3 Å². The molecule has 3 aromatic carbocycles. The third kappa shape index (κ3) is 5.26. The van der Waals surface area contributed by atoms with Crippen molar-refractivity contribution in [2.75, 3.05) is 18.2 Å². The maximum absolute atomic E-state index is 12.8. The van der Waals surface area contributed by atoms with E-state index in [9.17, 15) is 4.79 Å². The summed E-state index contributed by atoms with van der Waals surface area (Å²) in [7, 11) is 1.63. The molecular formula is C26H25ClN4O2S. The minimum absolute atomic E-state index is 0.0920. The van der Waals surface area contributed by atoms with Crippen LogP contribution in [0.15, 0.2) is 71.9 Å². The van der Waals surface area contributed by atoms with Crippen molar-refractivity contribution in [3.05, 3.63) is 82.9 Å². The Morgan fingerprint density at radius 2 is 1.79 bits per heavy atom. The number of methoxy groups -OCH3 is 1. The molecular weight excluding hydrogens is 468 g/mol. The van der Waals surface area contributed by atoms with Gasteiger partial charge in [0.25, 0.3) is 0 Å². The normalized spacial score (nSPS) is 10.8. The van der Waals surface area contributed by atoms with Gasteiger partial charge >= 0.3 is 0 Å². The second-order valence-electron chi connectivity index (χ2n) is 7.65. The van der Waals surface area contributed by atoms with Gasteiger partial charge in [-0.05, 0) is 73.0 Å². The third-order valence-corrected chi connectivity index (χ3v) is 6.58. The molecule has 0 spiro atoms. The molecule has 4 aromatic rings. The number of nitrogens with zero attached hydrogens (tertiary/aromatic N) is 3. The van der Waals surface area contributed by atoms with Gasteiger partial charge in [0.15, 0.2) is 11.0 Å². The largest absolute Gasteiger partial charge is 0.497 e. The Bertz CT molecular complexity index is 1290. The Labute approximate surface area is 208 Å². The fraction of sp³-hybridized carbons (Fsp3) is 0.192. The van der Waals surface area contributed by atoms with Crippen molar-refractivity contribution in [1.29, 1.82) is 0 Å². The lowest BCUT2D eigenvalue weighted by Gasteiger charge is -2.13. The number of anilines is 1. The van der Waals surface area contributed by atoms with E-state index in [1.807, 2.05) is 78.2 Å². The Hall–Kier alpha value is -3.29. The summed E-state index contributed by atoms with van der Waals surface area (Å²) in [5.74, 6) is 1.53. The highest BCUT2D eigenvalue weighted by Crippen LogP contribution is 2.30. The van der Waals surface area contributed by atoms with Gasteiger partial charge in [0.2, 0.25) is 5.91 Å². The van der Waals surface area contributed by atoms with Crippen molar-refractivity contribution in [2.45, 2.75) is 25.4 Å². The van der Waals surface area contributed by atoms with E-state index in [1.54, 1.807) is 7.11 Å². The van der Waals surface area contributed by atoms with Crippen molar-refractivity contribution in [3.8, 4) is 22.8 Å². The number of ether oxygens (including phenoxy) is 1. The monoisotopic (exact) mass is 492 g/mol. The topological polar surface area (TPSA) is 69.0 Å². The molecule has 1 amide bonds. The summed E-state index contributed by atoms with van der Waals surface area (Å²) in [5.41, 5.74) is 4.78. The minimum atomic E-state index is -0.0920. The van der Waals surface area contributed by atoms with Crippen LogP contribution in [-0.2, 0) is 11.2 Å². The maximum atomic E-state index is 12.8. The molecule has 174 valence electrons. The molecule has 0 radical (unpaired) electrons. The van der Waals surface area contributed by atoms with Crippen molar-refractivity contribution in [1.82, 2.24) is 14.8 Å². The molecule has 1 aromatic heterocycles. The number of halogens is 1. The van der Waals surface area contributed by atoms with Gasteiger partial charge in [-0.3, -0.25) is 9.36 Å². The van der Waals surface area contributed by atoms with Crippen molar-refractivity contribution >= 4 is 35.0 Å². The Kier molecular flexibility index (Phi) is 7.55. The first kappa shape index (κ1) is 23.9. The summed E-state index contributed by atoms with van der Waals surface area (Å²) in [6, 6.07) is 21.1. The van der Waals surface area contributed by atoms with Gasteiger partial charge in [-0.15, -0.1) is 10.2 Å². The van der Waals surface area contributed by atoms with Gasteiger partial charge in [0, 0.05) is 22.0 Å². The molecule has 0 fully saturated rings. The molecule has 0 unspecified atom stereocenters. The van der Waals surface area contributed by atoms with Gasteiger partial charge in [-0.25, -0.2) is 0 Å². The van der Waals surface area contributed by atoms with Gasteiger partial charge in [0.1, 0.15) is 5.75 Å². The van der Waals surface area contributed by atoms with Crippen LogP contribution in [0.5, 0.6) is 5.75 Å². The lowest BCUT2D eigenvalue weighted by Crippen LogP contribution is -2.16. The van der Waals surface area contributed by atoms with Crippen LogP contribution in [0.1, 0.15) is 18.1 Å². The molecule has 34 heavy (non-hydrogen) atoms. The average Bonchev–Trinajstić information content (AvgIpc) is 3.28. The smallest absolute Gasteiger partial charge is 0.234 e. The Balaban J connectivity index is 1.61. The second-order valence-corrected chi connectivity index (χ2v) is 9.02. The molecule has 0 saturated carbocycles. The second kappa shape index (κ2) is 10.8. The quantitative estimate of drug-likeness (QED) is 0.297. The number of carbonyl (C=O) groups is 1. The number of hydrogen-bond donors (Lipinski definition) is 1. The van der Waals surface area contributed by atoms with Crippen LogP contribution < -0.4 is 10.1 Å². The van der Waals surface area contributed by atoms with Gasteiger partial charge < -0.3 is 10.1 Å². The molecule has 8 heteroatoms. The number of carbonyl (C=O) groups excluding carboxylic acids is 1. The molecule has 6 nitrogen and oxygen atoms in total. The zero-order chi connectivity index (χ0) is 24.1. The molecule has 0 bridgehead atoms. The zero-order valence-corrected chi connectivity index (χ0v) is 20.8. The van der Waals surface area contributed by atoms with Gasteiger partial charge in [0.05, 0.1) is 12.9 Å². The number of nitrogens with one attached hydrogen (secondary N) is 1. The van der Waals surface area contributed by atoms with Gasteiger partial charge in [-0.1, -0.05) is 48.5 Å². The predicted molar refractivity (Wildman–Crippen MR) is 138 cm³/mol. The Morgan fingerprint density at radius 1 is 1.06 bits per heavy atom. The number of aryl methyl sites for hydroxylation is 2. The van der Waals surface area contributed by atoms with Crippen LogP contribution in [0.4, 0.5) is 5.69 Å². The van der Waals surface area contributed by atoms with E-state index in [0.29, 0.717) is 16.0 Å². The maximum Gasteiger partial charge on any atom is 0.234 e. The number of rotatable bonds is 8. The fourth-order valence-electron chi connectivity index (χ4n) is 3.62. The highest BCUT2D eigenvalue weighted by Gasteiger charge is 2.18. The van der Waals surface area contributed by atoms with Crippen molar-refractivity contribution < 1.29 is 9.53 Å². The van der Waals surface area contributed by atoms with Crippen LogP contribution in [0, 0.1) is 6.92 Å². The van der Waals surface area contributed by atoms with Crippen molar-refractivity contribution in [2.24, 2.45) is 0 Å². The summed E-state index contributed by atoms with van der Waals surface area (Å²) < 4.78 is 7.20. The highest BCUT2D eigenvalue weighted by molar-refractivity contribution is 7.99. The summed E-state index contributed by atoms with van der Waals surface area (Å²) in [4.78, 5) is 12.8. The van der Waals surface area contributed by atoms with Crippen LogP contribution >= 0.6 is 23.4 Å². The molecule has 0 aliphatic carbocycles. The first-order valence-electron chi connectivity index (χ1n) is 10.9. The minimum Gasteiger partial charge on any atom is -0.497 e. The molecule has 4 rings (SSSR count). The van der Waals surface area contributed by atoms with E-state index in [2.05, 4.69) is 22.4 Å².